The molecular formula is C19H24N2O5S. The Morgan fingerprint density at radius 1 is 1.11 bits per heavy atom. The molecule has 0 saturated heterocycles. The first kappa shape index (κ1) is 20.8. The van der Waals surface area contributed by atoms with Gasteiger partial charge in [-0.25, -0.2) is 14.4 Å². The van der Waals surface area contributed by atoms with E-state index < -0.39 is 24.0 Å². The fourth-order valence-corrected chi connectivity index (χ4v) is 3.50. The van der Waals surface area contributed by atoms with Gasteiger partial charge in [0.25, 0.3) is 0 Å². The molecule has 8 heteroatoms. The average Bonchev–Trinajstić information content (AvgIpc) is 2.66. The van der Waals surface area contributed by atoms with Gasteiger partial charge in [0, 0.05) is 4.90 Å². The molecule has 1 aliphatic rings. The van der Waals surface area contributed by atoms with Gasteiger partial charge in [0.2, 0.25) is 0 Å². The number of esters is 2. The van der Waals surface area contributed by atoms with Crippen LogP contribution >= 0.6 is 11.8 Å². The minimum Gasteiger partial charge on any atom is -0.463 e. The summed E-state index contributed by atoms with van der Waals surface area (Å²) >= 11 is 1.54. The quantitative estimate of drug-likeness (QED) is 0.522. The highest BCUT2D eigenvalue weighted by atomic mass is 32.2. The van der Waals surface area contributed by atoms with Crippen molar-refractivity contribution in [1.82, 2.24) is 10.6 Å². The number of thioether (sulfide) groups is 1. The maximum Gasteiger partial charge on any atom is 0.339 e. The second kappa shape index (κ2) is 10.0. The summed E-state index contributed by atoms with van der Waals surface area (Å²) < 4.78 is 10.5. The highest BCUT2D eigenvalue weighted by Crippen LogP contribution is 2.23. The zero-order valence-corrected chi connectivity index (χ0v) is 16.5. The predicted octanol–water partition coefficient (Wildman–Crippen LogP) is 2.86. The van der Waals surface area contributed by atoms with Crippen molar-refractivity contribution in [2.45, 2.75) is 38.1 Å². The minimum atomic E-state index is -0.537. The van der Waals surface area contributed by atoms with Crippen LogP contribution < -0.4 is 10.6 Å². The summed E-state index contributed by atoms with van der Waals surface area (Å²) in [6.07, 6.45) is 0.509. The lowest BCUT2D eigenvalue weighted by Gasteiger charge is -2.28. The maximum absolute atomic E-state index is 12.5. The fraction of sp³-hybridized carbons (Fsp3) is 0.421. The van der Waals surface area contributed by atoms with Crippen LogP contribution in [0.2, 0.25) is 0 Å². The lowest BCUT2D eigenvalue weighted by atomic mass is 10.0. The van der Waals surface area contributed by atoms with Crippen molar-refractivity contribution in [2.75, 3.05) is 19.0 Å². The van der Waals surface area contributed by atoms with E-state index in [2.05, 4.69) is 10.6 Å². The Morgan fingerprint density at radius 3 is 2.52 bits per heavy atom. The topological polar surface area (TPSA) is 93.7 Å². The molecule has 0 spiro atoms. The molecule has 1 atom stereocenters. The second-order valence-electron chi connectivity index (χ2n) is 5.68. The Balaban J connectivity index is 2.23. The van der Waals surface area contributed by atoms with Gasteiger partial charge in [-0.05, 0) is 31.2 Å². The average molecular weight is 392 g/mol. The molecule has 7 nitrogen and oxygen atoms in total. The molecule has 0 aliphatic carbocycles. The molecule has 0 saturated carbocycles. The Morgan fingerprint density at radius 2 is 1.85 bits per heavy atom. The normalized spacial score (nSPS) is 16.4. The molecule has 27 heavy (non-hydrogen) atoms. The molecule has 0 fully saturated rings. The SMILES string of the molecule is CCOC(=O)C1=C(COC(=O)c2ccccc2SCC)NC(=O)N[C@@H]1CC. The van der Waals surface area contributed by atoms with Gasteiger partial charge in [0.15, 0.2) is 0 Å². The summed E-state index contributed by atoms with van der Waals surface area (Å²) in [5.41, 5.74) is 0.982. The fourth-order valence-electron chi connectivity index (χ4n) is 2.71. The number of hydrogen-bond donors (Lipinski definition) is 2. The molecule has 1 aromatic carbocycles. The van der Waals surface area contributed by atoms with Gasteiger partial charge in [-0.15, -0.1) is 11.8 Å². The molecule has 1 heterocycles. The van der Waals surface area contributed by atoms with E-state index in [9.17, 15) is 14.4 Å². The van der Waals surface area contributed by atoms with Crippen LogP contribution in [0.15, 0.2) is 40.4 Å². The summed E-state index contributed by atoms with van der Waals surface area (Å²) in [5, 5.41) is 5.24. The first-order chi connectivity index (χ1) is 13.0. The Hall–Kier alpha value is -2.48. The molecule has 0 radical (unpaired) electrons. The lowest BCUT2D eigenvalue weighted by molar-refractivity contribution is -0.139. The van der Waals surface area contributed by atoms with Crippen molar-refractivity contribution in [3.63, 3.8) is 0 Å². The van der Waals surface area contributed by atoms with Crippen LogP contribution in [0.1, 0.15) is 37.6 Å². The third-order valence-electron chi connectivity index (χ3n) is 3.90. The van der Waals surface area contributed by atoms with E-state index in [4.69, 9.17) is 9.47 Å². The van der Waals surface area contributed by atoms with Crippen LogP contribution in [-0.4, -0.2) is 43.0 Å². The molecule has 2 N–H and O–H groups in total. The number of urea groups is 1. The first-order valence-electron chi connectivity index (χ1n) is 8.88. The van der Waals surface area contributed by atoms with Crippen LogP contribution in [-0.2, 0) is 14.3 Å². The van der Waals surface area contributed by atoms with Gasteiger partial charge < -0.3 is 20.1 Å². The van der Waals surface area contributed by atoms with Crippen LogP contribution in [0, 0.1) is 0 Å². The monoisotopic (exact) mass is 392 g/mol. The Bertz CT molecular complexity index is 747. The Labute approximate surface area is 162 Å². The number of carbonyl (C=O) groups is 3. The van der Waals surface area contributed by atoms with E-state index in [1.54, 1.807) is 30.8 Å². The molecule has 0 bridgehead atoms. The minimum absolute atomic E-state index is 0.210. The van der Waals surface area contributed by atoms with Gasteiger partial charge in [-0.3, -0.25) is 0 Å². The Kier molecular flexibility index (Phi) is 7.72. The van der Waals surface area contributed by atoms with Crippen molar-refractivity contribution in [3.8, 4) is 0 Å². The summed E-state index contributed by atoms with van der Waals surface area (Å²) in [7, 11) is 0. The van der Waals surface area contributed by atoms with Crippen LogP contribution in [0.5, 0.6) is 0 Å². The van der Waals surface area contributed by atoms with E-state index in [1.165, 1.54) is 0 Å². The zero-order valence-electron chi connectivity index (χ0n) is 15.7. The summed E-state index contributed by atoms with van der Waals surface area (Å²) in [6, 6.07) is 6.23. The van der Waals surface area contributed by atoms with E-state index in [-0.39, 0.29) is 24.5 Å². The first-order valence-corrected chi connectivity index (χ1v) is 9.86. The number of nitrogens with one attached hydrogen (secondary N) is 2. The second-order valence-corrected chi connectivity index (χ2v) is 6.98. The maximum atomic E-state index is 12.5. The number of hydrogen-bond acceptors (Lipinski definition) is 6. The van der Waals surface area contributed by atoms with Crippen molar-refractivity contribution < 1.29 is 23.9 Å². The van der Waals surface area contributed by atoms with Crippen molar-refractivity contribution >= 4 is 29.7 Å². The molecule has 2 amide bonds. The molecule has 2 rings (SSSR count). The van der Waals surface area contributed by atoms with Gasteiger partial charge in [-0.2, -0.15) is 0 Å². The van der Waals surface area contributed by atoms with E-state index >= 15 is 0 Å². The van der Waals surface area contributed by atoms with Gasteiger partial charge in [0.05, 0.1) is 29.5 Å². The van der Waals surface area contributed by atoms with Crippen LogP contribution in [0.4, 0.5) is 4.79 Å². The standard InChI is InChI=1S/C19H24N2O5S/c1-4-13-16(18(23)25-5-2)14(21-19(24)20-13)11-26-17(22)12-9-7-8-10-15(12)27-6-3/h7-10,13H,4-6,11H2,1-3H3,(H2,20,21,24)/t13-/m1/s1. The van der Waals surface area contributed by atoms with Crippen molar-refractivity contribution in [2.24, 2.45) is 0 Å². The summed E-state index contributed by atoms with van der Waals surface area (Å²) in [6.45, 7) is 5.54. The third-order valence-corrected chi connectivity index (χ3v) is 4.86. The van der Waals surface area contributed by atoms with Gasteiger partial charge >= 0.3 is 18.0 Å². The third kappa shape index (κ3) is 5.26. The zero-order chi connectivity index (χ0) is 19.8. The predicted molar refractivity (Wildman–Crippen MR) is 103 cm³/mol. The van der Waals surface area contributed by atoms with Crippen LogP contribution in [0.3, 0.4) is 0 Å². The van der Waals surface area contributed by atoms with E-state index in [0.717, 1.165) is 10.6 Å². The number of benzene rings is 1. The molecule has 0 unspecified atom stereocenters. The molecule has 1 aromatic rings. The van der Waals surface area contributed by atoms with E-state index in [1.807, 2.05) is 26.0 Å². The van der Waals surface area contributed by atoms with Crippen molar-refractivity contribution in [1.29, 1.82) is 0 Å². The highest BCUT2D eigenvalue weighted by Gasteiger charge is 2.32. The highest BCUT2D eigenvalue weighted by molar-refractivity contribution is 7.99. The number of ether oxygens (including phenoxy) is 2. The van der Waals surface area contributed by atoms with Gasteiger partial charge in [0.1, 0.15) is 6.61 Å². The molecule has 1 aliphatic heterocycles. The number of amides is 2. The number of rotatable bonds is 8. The molecular weight excluding hydrogens is 368 g/mol. The molecule has 0 aromatic heterocycles. The van der Waals surface area contributed by atoms with Crippen LogP contribution in [0.25, 0.3) is 0 Å². The van der Waals surface area contributed by atoms with Crippen molar-refractivity contribution in [3.05, 3.63) is 41.1 Å². The number of carbonyl (C=O) groups excluding carboxylic acids is 3. The van der Waals surface area contributed by atoms with E-state index in [0.29, 0.717) is 12.0 Å². The molecule has 146 valence electrons. The smallest absolute Gasteiger partial charge is 0.339 e. The lowest BCUT2D eigenvalue weighted by Crippen LogP contribution is -2.51. The van der Waals surface area contributed by atoms with Gasteiger partial charge in [-0.1, -0.05) is 26.0 Å². The summed E-state index contributed by atoms with van der Waals surface area (Å²) in [4.78, 5) is 37.5. The largest absolute Gasteiger partial charge is 0.463 e. The summed E-state index contributed by atoms with van der Waals surface area (Å²) in [5.74, 6) is -0.226.